The van der Waals surface area contributed by atoms with Crippen molar-refractivity contribution >= 4 is 21.9 Å². The largest absolute Gasteiger partial charge is 0.354 e. The lowest BCUT2D eigenvalue weighted by Gasteiger charge is -2.34. The van der Waals surface area contributed by atoms with Gasteiger partial charge in [0, 0.05) is 50.0 Å². The molecule has 0 bridgehead atoms. The molecule has 3 aromatic rings. The maximum atomic E-state index is 12.7. The Morgan fingerprint density at radius 3 is 2.30 bits per heavy atom. The van der Waals surface area contributed by atoms with Gasteiger partial charge in [0.1, 0.15) is 23.8 Å². The predicted octanol–water partition coefficient (Wildman–Crippen LogP) is 2.40. The number of imidazole rings is 1. The van der Waals surface area contributed by atoms with Crippen LogP contribution in [-0.2, 0) is 10.0 Å². The summed E-state index contributed by atoms with van der Waals surface area (Å²) in [4.78, 5) is 15.0. The Bertz CT molecular complexity index is 1150. The maximum Gasteiger partial charge on any atom is 0.236 e. The van der Waals surface area contributed by atoms with E-state index >= 15 is 0 Å². The number of nitrogens with zero attached hydrogens (tertiary/aromatic N) is 6. The minimum Gasteiger partial charge on any atom is -0.354 e. The number of rotatable bonds is 5. The van der Waals surface area contributed by atoms with Gasteiger partial charge in [0.2, 0.25) is 10.0 Å². The molecule has 0 spiro atoms. The summed E-state index contributed by atoms with van der Waals surface area (Å²) in [5, 5.41) is 1.29. The van der Waals surface area contributed by atoms with Crippen molar-refractivity contribution < 1.29 is 8.42 Å². The number of hydrogen-bond donors (Lipinski definition) is 0. The third-order valence-electron chi connectivity index (χ3n) is 5.14. The van der Waals surface area contributed by atoms with Gasteiger partial charge in [-0.1, -0.05) is 29.8 Å². The number of sulfonamides is 1. The second kappa shape index (κ2) is 8.37. The van der Waals surface area contributed by atoms with Crippen LogP contribution < -0.4 is 4.90 Å². The lowest BCUT2D eigenvalue weighted by molar-refractivity contribution is 0.389. The van der Waals surface area contributed by atoms with E-state index in [-0.39, 0.29) is 0 Å². The molecule has 0 N–H and O–H groups in total. The van der Waals surface area contributed by atoms with Crippen LogP contribution in [0.2, 0.25) is 0 Å². The first-order valence-electron chi connectivity index (χ1n) is 9.75. The summed E-state index contributed by atoms with van der Waals surface area (Å²) in [6, 6.07) is 9.65. The smallest absolute Gasteiger partial charge is 0.236 e. The van der Waals surface area contributed by atoms with Crippen LogP contribution >= 0.6 is 0 Å². The molecule has 0 amide bonds. The molecule has 30 heavy (non-hydrogen) atoms. The van der Waals surface area contributed by atoms with Crippen LogP contribution in [0.3, 0.4) is 0 Å². The molecular weight excluding hydrogens is 400 g/mol. The number of piperazine rings is 1. The summed E-state index contributed by atoms with van der Waals surface area (Å²) in [7, 11) is -3.47. The zero-order valence-electron chi connectivity index (χ0n) is 17.0. The van der Waals surface area contributed by atoms with E-state index in [1.165, 1.54) is 16.0 Å². The SMILES string of the molecule is Cc1ccc(/C=C/S(=O)(=O)N2CCN(c3cc(-n4ccnc4C)ncn3)CC2)cc1. The molecule has 0 saturated carbocycles. The second-order valence-corrected chi connectivity index (χ2v) is 9.04. The quantitative estimate of drug-likeness (QED) is 0.625. The van der Waals surface area contributed by atoms with Gasteiger partial charge in [-0.25, -0.2) is 23.4 Å². The van der Waals surface area contributed by atoms with Gasteiger partial charge in [-0.3, -0.25) is 4.57 Å². The lowest BCUT2D eigenvalue weighted by atomic mass is 10.2. The highest BCUT2D eigenvalue weighted by Crippen LogP contribution is 2.19. The first kappa shape index (κ1) is 20.2. The van der Waals surface area contributed by atoms with Crippen molar-refractivity contribution in [3.8, 4) is 5.82 Å². The first-order valence-corrected chi connectivity index (χ1v) is 11.2. The number of aromatic nitrogens is 4. The molecule has 1 aliphatic rings. The minimum absolute atomic E-state index is 0.407. The van der Waals surface area contributed by atoms with E-state index in [2.05, 4.69) is 19.9 Å². The second-order valence-electron chi connectivity index (χ2n) is 7.22. The normalized spacial score (nSPS) is 15.7. The number of hydrogen-bond acceptors (Lipinski definition) is 6. The summed E-state index contributed by atoms with van der Waals surface area (Å²) in [5.41, 5.74) is 2.01. The zero-order valence-corrected chi connectivity index (χ0v) is 17.8. The summed E-state index contributed by atoms with van der Waals surface area (Å²) in [6.07, 6.45) is 6.75. The van der Waals surface area contributed by atoms with Crippen LogP contribution in [-0.4, -0.2) is 58.4 Å². The number of anilines is 1. The summed E-state index contributed by atoms with van der Waals surface area (Å²) in [6.45, 7) is 5.86. The van der Waals surface area contributed by atoms with Crippen LogP contribution in [0.25, 0.3) is 11.9 Å². The van der Waals surface area contributed by atoms with Crippen LogP contribution in [0.15, 0.2) is 54.5 Å². The van der Waals surface area contributed by atoms with Gasteiger partial charge in [0.25, 0.3) is 0 Å². The fraction of sp³-hybridized carbons (Fsp3) is 0.286. The van der Waals surface area contributed by atoms with Crippen molar-refractivity contribution in [1.29, 1.82) is 0 Å². The lowest BCUT2D eigenvalue weighted by Crippen LogP contribution is -2.48. The van der Waals surface area contributed by atoms with E-state index in [0.29, 0.717) is 26.2 Å². The fourth-order valence-corrected chi connectivity index (χ4v) is 4.54. The Hall–Kier alpha value is -3.04. The standard InChI is InChI=1S/C21H24N6O2S/c1-17-3-5-19(6-4-17)7-14-30(28,29)26-12-10-25(11-13-26)20-15-21(24-16-23-20)27-9-8-22-18(27)2/h3-9,14-16H,10-13H2,1-2H3/b14-7+. The summed E-state index contributed by atoms with van der Waals surface area (Å²) < 4.78 is 28.8. The van der Waals surface area contributed by atoms with E-state index < -0.39 is 10.0 Å². The van der Waals surface area contributed by atoms with Crippen molar-refractivity contribution in [1.82, 2.24) is 23.8 Å². The molecule has 0 aliphatic carbocycles. The number of aryl methyl sites for hydroxylation is 2. The molecule has 1 aromatic carbocycles. The molecule has 0 radical (unpaired) electrons. The first-order chi connectivity index (χ1) is 14.4. The van der Waals surface area contributed by atoms with E-state index in [0.717, 1.165) is 28.6 Å². The fourth-order valence-electron chi connectivity index (χ4n) is 3.36. The molecule has 4 rings (SSSR count). The topological polar surface area (TPSA) is 84.2 Å². The molecule has 8 nitrogen and oxygen atoms in total. The van der Waals surface area contributed by atoms with Gasteiger partial charge < -0.3 is 4.90 Å². The average Bonchev–Trinajstić information content (AvgIpc) is 3.19. The van der Waals surface area contributed by atoms with Crippen molar-refractivity contribution in [2.75, 3.05) is 31.1 Å². The Morgan fingerprint density at radius 1 is 0.933 bits per heavy atom. The van der Waals surface area contributed by atoms with Crippen molar-refractivity contribution in [3.63, 3.8) is 0 Å². The molecule has 156 valence electrons. The molecular formula is C21H24N6O2S. The van der Waals surface area contributed by atoms with Gasteiger partial charge in [0.05, 0.1) is 0 Å². The number of benzene rings is 1. The van der Waals surface area contributed by atoms with Crippen molar-refractivity contribution in [2.45, 2.75) is 13.8 Å². The van der Waals surface area contributed by atoms with Gasteiger partial charge in [-0.15, -0.1) is 0 Å². The summed E-state index contributed by atoms with van der Waals surface area (Å²) >= 11 is 0. The van der Waals surface area contributed by atoms with E-state index in [1.54, 1.807) is 12.3 Å². The van der Waals surface area contributed by atoms with Crippen molar-refractivity contribution in [3.05, 3.63) is 71.4 Å². The minimum atomic E-state index is -3.47. The van der Waals surface area contributed by atoms with Crippen LogP contribution in [0.5, 0.6) is 0 Å². The Balaban J connectivity index is 1.42. The zero-order chi connectivity index (χ0) is 21.1. The molecule has 3 heterocycles. The molecule has 1 saturated heterocycles. The monoisotopic (exact) mass is 424 g/mol. The van der Waals surface area contributed by atoms with Crippen LogP contribution in [0, 0.1) is 13.8 Å². The maximum absolute atomic E-state index is 12.7. The molecule has 2 aromatic heterocycles. The van der Waals surface area contributed by atoms with Gasteiger partial charge in [-0.2, -0.15) is 4.31 Å². The van der Waals surface area contributed by atoms with Gasteiger partial charge >= 0.3 is 0 Å². The van der Waals surface area contributed by atoms with Gasteiger partial charge in [-0.05, 0) is 25.5 Å². The van der Waals surface area contributed by atoms with Crippen LogP contribution in [0.4, 0.5) is 5.82 Å². The molecule has 1 fully saturated rings. The van der Waals surface area contributed by atoms with E-state index in [1.807, 2.05) is 54.9 Å². The van der Waals surface area contributed by atoms with Crippen molar-refractivity contribution in [2.24, 2.45) is 0 Å². The highest BCUT2D eigenvalue weighted by Gasteiger charge is 2.26. The average molecular weight is 425 g/mol. The Labute approximate surface area is 176 Å². The van der Waals surface area contributed by atoms with E-state index in [4.69, 9.17) is 0 Å². The molecule has 0 atom stereocenters. The molecule has 9 heteroatoms. The Kier molecular flexibility index (Phi) is 5.65. The predicted molar refractivity (Wildman–Crippen MR) is 117 cm³/mol. The summed E-state index contributed by atoms with van der Waals surface area (Å²) in [5.74, 6) is 2.36. The highest BCUT2D eigenvalue weighted by molar-refractivity contribution is 7.92. The Morgan fingerprint density at radius 2 is 1.63 bits per heavy atom. The highest BCUT2D eigenvalue weighted by atomic mass is 32.2. The third kappa shape index (κ3) is 4.42. The van der Waals surface area contributed by atoms with Crippen LogP contribution in [0.1, 0.15) is 17.0 Å². The van der Waals surface area contributed by atoms with E-state index in [9.17, 15) is 8.42 Å². The molecule has 1 aliphatic heterocycles. The molecule has 0 unspecified atom stereocenters. The van der Waals surface area contributed by atoms with Gasteiger partial charge in [0.15, 0.2) is 0 Å². The third-order valence-corrected chi connectivity index (χ3v) is 6.71.